The summed E-state index contributed by atoms with van der Waals surface area (Å²) in [6.45, 7) is 4.65. The predicted molar refractivity (Wildman–Crippen MR) is 138 cm³/mol. The van der Waals surface area contributed by atoms with E-state index in [9.17, 15) is 19.7 Å². The number of rotatable bonds is 9. The minimum atomic E-state index is -0.451. The highest BCUT2D eigenvalue weighted by molar-refractivity contribution is 8.18. The Bertz CT molecular complexity index is 1340. The van der Waals surface area contributed by atoms with Crippen molar-refractivity contribution in [2.45, 2.75) is 27.0 Å². The van der Waals surface area contributed by atoms with Crippen LogP contribution in [0.5, 0.6) is 11.5 Å². The van der Waals surface area contributed by atoms with Crippen molar-refractivity contribution < 1.29 is 24.0 Å². The smallest absolute Gasteiger partial charge is 0.293 e. The number of hydrogen-bond donors (Lipinski definition) is 0. The number of thioether (sulfide) groups is 1. The molecule has 0 radical (unpaired) electrons. The lowest BCUT2D eigenvalue weighted by atomic mass is 10.1. The Morgan fingerprint density at radius 2 is 1.75 bits per heavy atom. The molecular formula is C27H24N2O6S. The zero-order valence-electron chi connectivity index (χ0n) is 19.8. The maximum absolute atomic E-state index is 12.9. The highest BCUT2D eigenvalue weighted by Gasteiger charge is 2.35. The number of hydrogen-bond acceptors (Lipinski definition) is 7. The van der Waals surface area contributed by atoms with Gasteiger partial charge in [0.15, 0.2) is 11.5 Å². The van der Waals surface area contributed by atoms with Crippen LogP contribution < -0.4 is 9.47 Å². The number of amides is 2. The van der Waals surface area contributed by atoms with Gasteiger partial charge in [-0.25, -0.2) is 0 Å². The van der Waals surface area contributed by atoms with E-state index in [1.165, 1.54) is 17.0 Å². The van der Waals surface area contributed by atoms with Crippen LogP contribution in [0.1, 0.15) is 29.2 Å². The van der Waals surface area contributed by atoms with Crippen molar-refractivity contribution in [2.75, 3.05) is 6.61 Å². The fraction of sp³-hybridized carbons (Fsp3) is 0.185. The molecule has 0 saturated carbocycles. The van der Waals surface area contributed by atoms with Gasteiger partial charge in [0.1, 0.15) is 6.61 Å². The number of aryl methyl sites for hydroxylation is 1. The Kier molecular flexibility index (Phi) is 7.70. The lowest BCUT2D eigenvalue weighted by molar-refractivity contribution is -0.384. The van der Waals surface area contributed by atoms with E-state index in [1.807, 2.05) is 38.1 Å². The zero-order valence-corrected chi connectivity index (χ0v) is 20.6. The first kappa shape index (κ1) is 25.0. The van der Waals surface area contributed by atoms with Gasteiger partial charge in [0.05, 0.1) is 23.0 Å². The Morgan fingerprint density at radius 1 is 0.972 bits per heavy atom. The van der Waals surface area contributed by atoms with Gasteiger partial charge in [-0.05, 0) is 72.6 Å². The zero-order chi connectivity index (χ0) is 25.7. The normalized spacial score (nSPS) is 14.4. The number of nitrogens with zero attached hydrogens (tertiary/aromatic N) is 2. The molecule has 0 N–H and O–H groups in total. The van der Waals surface area contributed by atoms with Gasteiger partial charge < -0.3 is 9.47 Å². The first-order chi connectivity index (χ1) is 17.3. The van der Waals surface area contributed by atoms with Crippen molar-refractivity contribution in [3.8, 4) is 11.5 Å². The van der Waals surface area contributed by atoms with Gasteiger partial charge in [-0.3, -0.25) is 24.6 Å². The van der Waals surface area contributed by atoms with E-state index in [1.54, 1.807) is 36.4 Å². The minimum Gasteiger partial charge on any atom is -0.490 e. The standard InChI is InChI=1S/C27H24N2O6S/c1-3-34-24-14-20(9-12-23(24)35-17-19-7-10-22(11-8-19)29(32)33)15-25-26(30)28(27(31)36-25)16-21-6-4-5-18(2)13-21/h4-15H,3,16-17H2,1-2H3/b25-15+. The van der Waals surface area contributed by atoms with E-state index in [4.69, 9.17) is 9.47 Å². The second kappa shape index (κ2) is 11.1. The molecule has 1 aliphatic heterocycles. The Balaban J connectivity index is 1.48. The van der Waals surface area contributed by atoms with Crippen molar-refractivity contribution >= 4 is 34.7 Å². The molecule has 3 aromatic carbocycles. The number of carbonyl (C=O) groups excluding carboxylic acids is 2. The second-order valence-electron chi connectivity index (χ2n) is 8.11. The van der Waals surface area contributed by atoms with Gasteiger partial charge in [-0.1, -0.05) is 35.9 Å². The molecule has 2 amide bonds. The summed E-state index contributed by atoms with van der Waals surface area (Å²) in [4.78, 5) is 37.4. The third-order valence-corrected chi connectivity index (χ3v) is 6.31. The second-order valence-corrected chi connectivity index (χ2v) is 9.10. The third-order valence-electron chi connectivity index (χ3n) is 5.40. The molecule has 1 fully saturated rings. The number of nitro benzene ring substituents is 1. The van der Waals surface area contributed by atoms with Crippen LogP contribution in [0, 0.1) is 17.0 Å². The molecule has 0 atom stereocenters. The largest absolute Gasteiger partial charge is 0.490 e. The van der Waals surface area contributed by atoms with Crippen LogP contribution in [0.25, 0.3) is 6.08 Å². The van der Waals surface area contributed by atoms with E-state index >= 15 is 0 Å². The predicted octanol–water partition coefficient (Wildman–Crippen LogP) is 6.12. The Morgan fingerprint density at radius 3 is 2.44 bits per heavy atom. The molecular weight excluding hydrogens is 480 g/mol. The van der Waals surface area contributed by atoms with Gasteiger partial charge in [0.2, 0.25) is 0 Å². The molecule has 4 rings (SSSR count). The van der Waals surface area contributed by atoms with Crippen LogP contribution in [0.3, 0.4) is 0 Å². The fourth-order valence-corrected chi connectivity index (χ4v) is 4.50. The summed E-state index contributed by atoms with van der Waals surface area (Å²) in [5, 5.41) is 10.5. The first-order valence-electron chi connectivity index (χ1n) is 11.3. The minimum absolute atomic E-state index is 0.0152. The van der Waals surface area contributed by atoms with Gasteiger partial charge in [0.25, 0.3) is 16.8 Å². The molecule has 0 aliphatic carbocycles. The maximum Gasteiger partial charge on any atom is 0.293 e. The van der Waals surface area contributed by atoms with Gasteiger partial charge in [-0.15, -0.1) is 0 Å². The number of non-ortho nitro benzene ring substituents is 1. The van der Waals surface area contributed by atoms with Crippen molar-refractivity contribution in [1.29, 1.82) is 0 Å². The van der Waals surface area contributed by atoms with E-state index in [0.29, 0.717) is 28.6 Å². The van der Waals surface area contributed by atoms with Gasteiger partial charge >= 0.3 is 0 Å². The fourth-order valence-electron chi connectivity index (χ4n) is 3.66. The number of imide groups is 1. The van der Waals surface area contributed by atoms with Crippen molar-refractivity contribution in [1.82, 2.24) is 4.90 Å². The summed E-state index contributed by atoms with van der Waals surface area (Å²) in [5.41, 5.74) is 3.44. The van der Waals surface area contributed by atoms with E-state index in [2.05, 4.69) is 0 Å². The molecule has 0 unspecified atom stereocenters. The SMILES string of the molecule is CCOc1cc(/C=C2/SC(=O)N(Cc3cccc(C)c3)C2=O)ccc1OCc1ccc([N+](=O)[O-])cc1. The van der Waals surface area contributed by atoms with Gasteiger partial charge in [0, 0.05) is 12.1 Å². The monoisotopic (exact) mass is 504 g/mol. The summed E-state index contributed by atoms with van der Waals surface area (Å²) in [6.07, 6.45) is 1.67. The molecule has 9 heteroatoms. The number of carbonyl (C=O) groups is 2. The quantitative estimate of drug-likeness (QED) is 0.197. The molecule has 0 bridgehead atoms. The van der Waals surface area contributed by atoms with Crippen LogP contribution in [-0.2, 0) is 17.9 Å². The molecule has 0 aromatic heterocycles. The van der Waals surface area contributed by atoms with Gasteiger partial charge in [-0.2, -0.15) is 0 Å². The summed E-state index contributed by atoms with van der Waals surface area (Å²) >= 11 is 0.913. The highest BCUT2D eigenvalue weighted by atomic mass is 32.2. The third kappa shape index (κ3) is 5.92. The molecule has 0 spiro atoms. The Labute approximate surface area is 212 Å². The lowest BCUT2D eigenvalue weighted by Gasteiger charge is -2.13. The summed E-state index contributed by atoms with van der Waals surface area (Å²) < 4.78 is 11.6. The van der Waals surface area contributed by atoms with Crippen LogP contribution in [0.15, 0.2) is 71.6 Å². The lowest BCUT2D eigenvalue weighted by Crippen LogP contribution is -2.27. The first-order valence-corrected chi connectivity index (χ1v) is 12.1. The van der Waals surface area contributed by atoms with Crippen molar-refractivity contribution in [2.24, 2.45) is 0 Å². The molecule has 36 heavy (non-hydrogen) atoms. The maximum atomic E-state index is 12.9. The number of nitro groups is 1. The summed E-state index contributed by atoms with van der Waals surface area (Å²) in [6, 6.07) is 19.1. The molecule has 1 heterocycles. The number of benzene rings is 3. The molecule has 3 aromatic rings. The average Bonchev–Trinajstić information content (AvgIpc) is 3.11. The van der Waals surface area contributed by atoms with Crippen LogP contribution in [0.4, 0.5) is 10.5 Å². The average molecular weight is 505 g/mol. The topological polar surface area (TPSA) is 99.0 Å². The van der Waals surface area contributed by atoms with Crippen LogP contribution in [-0.4, -0.2) is 27.6 Å². The summed E-state index contributed by atoms with van der Waals surface area (Å²) in [7, 11) is 0. The van der Waals surface area contributed by atoms with Crippen molar-refractivity contribution in [3.63, 3.8) is 0 Å². The molecule has 1 aliphatic rings. The van der Waals surface area contributed by atoms with E-state index in [0.717, 1.165) is 28.5 Å². The Hall–Kier alpha value is -4.11. The number of ether oxygens (including phenoxy) is 2. The van der Waals surface area contributed by atoms with Crippen LogP contribution in [0.2, 0.25) is 0 Å². The molecule has 8 nitrogen and oxygen atoms in total. The molecule has 1 saturated heterocycles. The van der Waals surface area contributed by atoms with E-state index in [-0.39, 0.29) is 30.0 Å². The van der Waals surface area contributed by atoms with E-state index < -0.39 is 4.92 Å². The van der Waals surface area contributed by atoms with Crippen LogP contribution >= 0.6 is 11.8 Å². The highest BCUT2D eigenvalue weighted by Crippen LogP contribution is 2.35. The molecule has 184 valence electrons. The van der Waals surface area contributed by atoms with Crippen molar-refractivity contribution in [3.05, 3.63) is 104 Å². The summed E-state index contributed by atoms with van der Waals surface area (Å²) in [5.74, 6) is 0.662.